The number of halogens is 2. The normalized spacial score (nSPS) is 16.2. The Kier molecular flexibility index (Phi) is 6.42. The maximum Gasteiger partial charge on any atom is 0.318 e. The van der Waals surface area contributed by atoms with Crippen LogP contribution in [0, 0.1) is 5.82 Å². The van der Waals surface area contributed by atoms with Crippen LogP contribution >= 0.6 is 11.6 Å². The van der Waals surface area contributed by atoms with Gasteiger partial charge in [-0.25, -0.2) is 9.18 Å². The van der Waals surface area contributed by atoms with Gasteiger partial charge in [-0.1, -0.05) is 53.2 Å². The first-order valence-corrected chi connectivity index (χ1v) is 9.89. The molecule has 0 unspecified atom stereocenters. The Labute approximate surface area is 175 Å². The predicted octanol–water partition coefficient (Wildman–Crippen LogP) is 4.98. The molecule has 0 aromatic heterocycles. The van der Waals surface area contributed by atoms with Gasteiger partial charge in [0.05, 0.1) is 18.8 Å². The van der Waals surface area contributed by atoms with E-state index in [4.69, 9.17) is 16.4 Å². The fourth-order valence-electron chi connectivity index (χ4n) is 3.08. The molecule has 0 bridgehead atoms. The SMILES string of the molecule is CC(C)(C)NC(=O)N(Cc1ccccc1F)C[C@@H]1CC(c2ccccc2Cl)=NO1. The van der Waals surface area contributed by atoms with E-state index in [2.05, 4.69) is 10.5 Å². The number of amides is 2. The average molecular weight is 418 g/mol. The third-order valence-corrected chi connectivity index (χ3v) is 4.76. The lowest BCUT2D eigenvalue weighted by Gasteiger charge is -2.29. The Hall–Kier alpha value is -2.60. The summed E-state index contributed by atoms with van der Waals surface area (Å²) < 4.78 is 14.2. The molecule has 0 fully saturated rings. The molecule has 5 nitrogen and oxygen atoms in total. The lowest BCUT2D eigenvalue weighted by atomic mass is 10.0. The molecule has 0 saturated carbocycles. The Balaban J connectivity index is 1.73. The van der Waals surface area contributed by atoms with Gasteiger partial charge in [0, 0.05) is 28.1 Å². The topological polar surface area (TPSA) is 53.9 Å². The van der Waals surface area contributed by atoms with Crippen molar-refractivity contribution in [2.45, 2.75) is 45.4 Å². The summed E-state index contributed by atoms with van der Waals surface area (Å²) in [5.74, 6) is -0.346. The summed E-state index contributed by atoms with van der Waals surface area (Å²) >= 11 is 6.25. The molecular formula is C22H25ClFN3O2. The number of hydrogen-bond acceptors (Lipinski definition) is 3. The van der Waals surface area contributed by atoms with Crippen molar-refractivity contribution >= 4 is 23.3 Å². The monoisotopic (exact) mass is 417 g/mol. The number of benzene rings is 2. The maximum absolute atomic E-state index is 14.2. The molecular weight excluding hydrogens is 393 g/mol. The van der Waals surface area contributed by atoms with E-state index in [1.807, 2.05) is 39.0 Å². The van der Waals surface area contributed by atoms with Crippen molar-refractivity contribution in [2.75, 3.05) is 6.54 Å². The van der Waals surface area contributed by atoms with E-state index in [9.17, 15) is 9.18 Å². The molecule has 1 atom stereocenters. The molecule has 2 aromatic carbocycles. The van der Waals surface area contributed by atoms with Gasteiger partial charge >= 0.3 is 6.03 Å². The van der Waals surface area contributed by atoms with Gasteiger partial charge < -0.3 is 15.1 Å². The van der Waals surface area contributed by atoms with E-state index < -0.39 is 5.54 Å². The number of nitrogens with one attached hydrogen (secondary N) is 1. The highest BCUT2D eigenvalue weighted by Crippen LogP contribution is 2.24. The summed E-state index contributed by atoms with van der Waals surface area (Å²) in [6, 6.07) is 13.6. The second kappa shape index (κ2) is 8.82. The van der Waals surface area contributed by atoms with E-state index in [0.29, 0.717) is 17.0 Å². The summed E-state index contributed by atoms with van der Waals surface area (Å²) in [6.45, 7) is 6.11. The van der Waals surface area contributed by atoms with Crippen LogP contribution in [-0.2, 0) is 11.4 Å². The van der Waals surface area contributed by atoms with Crippen LogP contribution in [0.25, 0.3) is 0 Å². The molecule has 1 heterocycles. The van der Waals surface area contributed by atoms with Gasteiger partial charge in [0.1, 0.15) is 5.82 Å². The molecule has 0 spiro atoms. The molecule has 1 aliphatic heterocycles. The van der Waals surface area contributed by atoms with Crippen molar-refractivity contribution in [3.8, 4) is 0 Å². The minimum atomic E-state index is -0.416. The molecule has 0 aliphatic carbocycles. The minimum absolute atomic E-state index is 0.135. The van der Waals surface area contributed by atoms with Gasteiger partial charge in [-0.3, -0.25) is 0 Å². The van der Waals surface area contributed by atoms with E-state index >= 15 is 0 Å². The van der Waals surface area contributed by atoms with Crippen molar-refractivity contribution in [2.24, 2.45) is 5.16 Å². The van der Waals surface area contributed by atoms with Crippen molar-refractivity contribution in [1.29, 1.82) is 0 Å². The molecule has 29 heavy (non-hydrogen) atoms. The molecule has 2 amide bonds. The van der Waals surface area contributed by atoms with Gasteiger partial charge in [0.2, 0.25) is 0 Å². The Morgan fingerprint density at radius 3 is 2.62 bits per heavy atom. The highest BCUT2D eigenvalue weighted by atomic mass is 35.5. The van der Waals surface area contributed by atoms with Gasteiger partial charge in [-0.05, 0) is 32.9 Å². The highest BCUT2D eigenvalue weighted by molar-refractivity contribution is 6.34. The van der Waals surface area contributed by atoms with Crippen molar-refractivity contribution in [3.63, 3.8) is 0 Å². The standard InChI is InChI=1S/C22H25ClFN3O2/c1-22(2,3)25-21(28)27(13-15-8-4-7-11-19(15)24)14-16-12-20(26-29-16)17-9-5-6-10-18(17)23/h4-11,16H,12-14H2,1-3H3,(H,25,28)/t16-/m0/s1. The zero-order valence-corrected chi connectivity index (χ0v) is 17.5. The fraction of sp³-hybridized carbons (Fsp3) is 0.364. The van der Waals surface area contributed by atoms with Crippen molar-refractivity contribution < 1.29 is 14.0 Å². The van der Waals surface area contributed by atoms with Gasteiger partial charge in [-0.15, -0.1) is 0 Å². The van der Waals surface area contributed by atoms with E-state index in [1.54, 1.807) is 29.2 Å². The summed E-state index contributed by atoms with van der Waals surface area (Å²) in [5.41, 5.74) is 1.58. The Morgan fingerprint density at radius 1 is 1.24 bits per heavy atom. The molecule has 154 valence electrons. The summed E-state index contributed by atoms with van der Waals surface area (Å²) in [7, 11) is 0. The minimum Gasteiger partial charge on any atom is -0.390 e. The number of nitrogens with zero attached hydrogens (tertiary/aromatic N) is 2. The van der Waals surface area contributed by atoms with E-state index in [0.717, 1.165) is 11.3 Å². The van der Waals surface area contributed by atoms with Crippen molar-refractivity contribution in [3.05, 3.63) is 70.5 Å². The summed E-state index contributed by atoms with van der Waals surface area (Å²) in [6.07, 6.45) is 0.180. The molecule has 0 saturated heterocycles. The Bertz CT molecular complexity index is 911. The zero-order chi connectivity index (χ0) is 21.0. The number of oxime groups is 1. The zero-order valence-electron chi connectivity index (χ0n) is 16.8. The van der Waals surface area contributed by atoms with E-state index in [1.165, 1.54) is 6.07 Å². The molecule has 7 heteroatoms. The summed E-state index contributed by atoms with van der Waals surface area (Å²) in [4.78, 5) is 20.0. The van der Waals surface area contributed by atoms with Crippen LogP contribution in [-0.4, -0.2) is 34.8 Å². The second-order valence-corrected chi connectivity index (χ2v) is 8.51. The van der Waals surface area contributed by atoms with Crippen molar-refractivity contribution in [1.82, 2.24) is 10.2 Å². The maximum atomic E-state index is 14.2. The molecule has 1 N–H and O–H groups in total. The number of carbonyl (C=O) groups is 1. The first kappa shape index (κ1) is 21.1. The number of hydrogen-bond donors (Lipinski definition) is 1. The second-order valence-electron chi connectivity index (χ2n) is 8.10. The van der Waals surface area contributed by atoms with Gasteiger partial charge in [0.15, 0.2) is 6.10 Å². The van der Waals surface area contributed by atoms with Crippen LogP contribution in [0.15, 0.2) is 53.7 Å². The number of carbonyl (C=O) groups excluding carboxylic acids is 1. The van der Waals surface area contributed by atoms with Gasteiger partial charge in [0.25, 0.3) is 0 Å². The van der Waals surface area contributed by atoms with Crippen LogP contribution in [0.4, 0.5) is 9.18 Å². The molecule has 0 radical (unpaired) electrons. The first-order chi connectivity index (χ1) is 13.7. The van der Waals surface area contributed by atoms with Crippen LogP contribution in [0.3, 0.4) is 0 Å². The van der Waals surface area contributed by atoms with Crippen LogP contribution in [0.1, 0.15) is 38.3 Å². The number of urea groups is 1. The lowest BCUT2D eigenvalue weighted by molar-refractivity contribution is 0.0578. The highest BCUT2D eigenvalue weighted by Gasteiger charge is 2.29. The quantitative estimate of drug-likeness (QED) is 0.745. The smallest absolute Gasteiger partial charge is 0.318 e. The number of rotatable bonds is 5. The fourth-order valence-corrected chi connectivity index (χ4v) is 3.32. The van der Waals surface area contributed by atoms with Crippen LogP contribution in [0.2, 0.25) is 5.02 Å². The average Bonchev–Trinajstić information content (AvgIpc) is 3.10. The molecule has 3 rings (SSSR count). The van der Waals surface area contributed by atoms with Crippen LogP contribution < -0.4 is 5.32 Å². The predicted molar refractivity (Wildman–Crippen MR) is 113 cm³/mol. The largest absolute Gasteiger partial charge is 0.390 e. The van der Waals surface area contributed by atoms with E-state index in [-0.39, 0.29) is 31.0 Å². The van der Waals surface area contributed by atoms with Crippen LogP contribution in [0.5, 0.6) is 0 Å². The lowest BCUT2D eigenvalue weighted by Crippen LogP contribution is -2.50. The third kappa shape index (κ3) is 5.70. The van der Waals surface area contributed by atoms with Gasteiger partial charge in [-0.2, -0.15) is 0 Å². The molecule has 1 aliphatic rings. The first-order valence-electron chi connectivity index (χ1n) is 9.51. The Morgan fingerprint density at radius 2 is 1.93 bits per heavy atom. The molecule has 2 aromatic rings. The summed E-state index contributed by atoms with van der Waals surface area (Å²) in [5, 5.41) is 7.70. The third-order valence-electron chi connectivity index (χ3n) is 4.43.